The molecule has 0 saturated heterocycles. The molecule has 0 aliphatic carbocycles. The SMILES string of the molecule is COc1cccc(F)c1C(=O)CC#CC(C)(C)C. The molecule has 0 N–H and O–H groups in total. The van der Waals surface area contributed by atoms with Crippen LogP contribution in [0.3, 0.4) is 0 Å². The molecule has 1 aromatic rings. The predicted octanol–water partition coefficient (Wildman–Crippen LogP) is 3.46. The van der Waals surface area contributed by atoms with Gasteiger partial charge in [-0.2, -0.15) is 0 Å². The average Bonchev–Trinajstić information content (AvgIpc) is 2.26. The lowest BCUT2D eigenvalue weighted by Crippen LogP contribution is -2.05. The maximum Gasteiger partial charge on any atom is 0.181 e. The van der Waals surface area contributed by atoms with Gasteiger partial charge in [0, 0.05) is 5.41 Å². The van der Waals surface area contributed by atoms with Gasteiger partial charge in [0.2, 0.25) is 0 Å². The smallest absolute Gasteiger partial charge is 0.181 e. The second-order valence-corrected chi connectivity index (χ2v) is 4.97. The van der Waals surface area contributed by atoms with E-state index in [0.717, 1.165) is 0 Å². The van der Waals surface area contributed by atoms with Crippen molar-refractivity contribution in [2.24, 2.45) is 5.41 Å². The normalized spacial score (nSPS) is 10.5. The summed E-state index contributed by atoms with van der Waals surface area (Å²) in [6, 6.07) is 4.31. The van der Waals surface area contributed by atoms with Crippen molar-refractivity contribution in [1.29, 1.82) is 0 Å². The van der Waals surface area contributed by atoms with Gasteiger partial charge < -0.3 is 4.74 Å². The first-order valence-electron chi connectivity index (χ1n) is 5.71. The molecule has 0 aliphatic rings. The van der Waals surface area contributed by atoms with E-state index in [-0.39, 0.29) is 28.9 Å². The molecule has 0 spiro atoms. The molecule has 0 saturated carbocycles. The van der Waals surface area contributed by atoms with E-state index in [1.807, 2.05) is 20.8 Å². The quantitative estimate of drug-likeness (QED) is 0.605. The fourth-order valence-corrected chi connectivity index (χ4v) is 1.42. The third kappa shape index (κ3) is 3.89. The van der Waals surface area contributed by atoms with E-state index in [1.54, 1.807) is 6.07 Å². The topological polar surface area (TPSA) is 26.3 Å². The number of halogens is 1. The predicted molar refractivity (Wildman–Crippen MR) is 69.1 cm³/mol. The lowest BCUT2D eigenvalue weighted by molar-refractivity contribution is 0.0991. The third-order valence-electron chi connectivity index (χ3n) is 2.19. The van der Waals surface area contributed by atoms with Crippen molar-refractivity contribution in [2.75, 3.05) is 7.11 Å². The molecular formula is C15H17FO2. The summed E-state index contributed by atoms with van der Waals surface area (Å²) in [5.74, 6) is 5.04. The van der Waals surface area contributed by atoms with Crippen LogP contribution in [0, 0.1) is 23.1 Å². The van der Waals surface area contributed by atoms with Crippen molar-refractivity contribution in [1.82, 2.24) is 0 Å². The van der Waals surface area contributed by atoms with Crippen LogP contribution < -0.4 is 4.74 Å². The molecule has 0 fully saturated rings. The van der Waals surface area contributed by atoms with E-state index in [2.05, 4.69) is 11.8 Å². The van der Waals surface area contributed by atoms with E-state index in [9.17, 15) is 9.18 Å². The summed E-state index contributed by atoms with van der Waals surface area (Å²) >= 11 is 0. The Morgan fingerprint density at radius 2 is 2.06 bits per heavy atom. The number of carbonyl (C=O) groups excluding carboxylic acids is 1. The Bertz CT molecular complexity index is 501. The Morgan fingerprint density at radius 3 is 2.61 bits per heavy atom. The lowest BCUT2D eigenvalue weighted by atomic mass is 9.97. The highest BCUT2D eigenvalue weighted by molar-refractivity contribution is 6.00. The fourth-order valence-electron chi connectivity index (χ4n) is 1.42. The average molecular weight is 248 g/mol. The zero-order valence-electron chi connectivity index (χ0n) is 11.1. The minimum absolute atomic E-state index is 0.00539. The van der Waals surface area contributed by atoms with Gasteiger partial charge in [-0.25, -0.2) is 4.39 Å². The van der Waals surface area contributed by atoms with Gasteiger partial charge >= 0.3 is 0 Å². The van der Waals surface area contributed by atoms with Crippen LogP contribution >= 0.6 is 0 Å². The van der Waals surface area contributed by atoms with Gasteiger partial charge in [0.15, 0.2) is 5.78 Å². The molecule has 0 bridgehead atoms. The highest BCUT2D eigenvalue weighted by atomic mass is 19.1. The number of rotatable bonds is 3. The van der Waals surface area contributed by atoms with E-state index in [0.29, 0.717) is 0 Å². The van der Waals surface area contributed by atoms with Crippen LogP contribution in [0.25, 0.3) is 0 Å². The van der Waals surface area contributed by atoms with Crippen LogP contribution in [-0.2, 0) is 0 Å². The minimum Gasteiger partial charge on any atom is -0.496 e. The monoisotopic (exact) mass is 248 g/mol. The number of ketones is 1. The Balaban J connectivity index is 2.94. The number of benzene rings is 1. The first-order valence-corrected chi connectivity index (χ1v) is 5.71. The molecule has 96 valence electrons. The van der Waals surface area contributed by atoms with E-state index in [4.69, 9.17) is 4.74 Å². The highest BCUT2D eigenvalue weighted by Crippen LogP contribution is 2.22. The molecule has 1 aromatic carbocycles. The van der Waals surface area contributed by atoms with E-state index < -0.39 is 5.82 Å². The van der Waals surface area contributed by atoms with Crippen LogP contribution in [0.5, 0.6) is 5.75 Å². The van der Waals surface area contributed by atoms with Gasteiger partial charge in [-0.15, -0.1) is 0 Å². The highest BCUT2D eigenvalue weighted by Gasteiger charge is 2.16. The van der Waals surface area contributed by atoms with Crippen molar-refractivity contribution in [3.63, 3.8) is 0 Å². The Morgan fingerprint density at radius 1 is 1.39 bits per heavy atom. The van der Waals surface area contributed by atoms with Crippen LogP contribution in [0.15, 0.2) is 18.2 Å². The molecule has 18 heavy (non-hydrogen) atoms. The number of carbonyl (C=O) groups is 1. The summed E-state index contributed by atoms with van der Waals surface area (Å²) in [6.07, 6.45) is -0.00539. The van der Waals surface area contributed by atoms with Crippen LogP contribution in [-0.4, -0.2) is 12.9 Å². The standard InChI is InChI=1S/C15H17FO2/c1-15(2,3)10-6-8-12(17)14-11(16)7-5-9-13(14)18-4/h5,7,9H,8H2,1-4H3. The number of methoxy groups -OCH3 is 1. The Hall–Kier alpha value is -1.82. The van der Waals surface area contributed by atoms with E-state index in [1.165, 1.54) is 19.2 Å². The summed E-state index contributed by atoms with van der Waals surface area (Å²) in [5.41, 5.74) is -0.192. The molecule has 1 rings (SSSR count). The maximum absolute atomic E-state index is 13.6. The lowest BCUT2D eigenvalue weighted by Gasteiger charge is -2.08. The molecule has 0 atom stereocenters. The van der Waals surface area contributed by atoms with Crippen LogP contribution in [0.2, 0.25) is 0 Å². The number of hydrogen-bond acceptors (Lipinski definition) is 2. The van der Waals surface area contributed by atoms with Crippen molar-refractivity contribution >= 4 is 5.78 Å². The van der Waals surface area contributed by atoms with Gasteiger partial charge in [0.05, 0.1) is 19.1 Å². The van der Waals surface area contributed by atoms with Gasteiger partial charge in [0.1, 0.15) is 11.6 Å². The zero-order valence-corrected chi connectivity index (χ0v) is 11.1. The third-order valence-corrected chi connectivity index (χ3v) is 2.19. The van der Waals surface area contributed by atoms with Crippen molar-refractivity contribution in [3.8, 4) is 17.6 Å². The Kier molecular flexibility index (Phi) is 4.49. The van der Waals surface area contributed by atoms with Crippen molar-refractivity contribution in [3.05, 3.63) is 29.6 Å². The minimum atomic E-state index is -0.572. The fraction of sp³-hybridized carbons (Fsp3) is 0.400. The van der Waals surface area contributed by atoms with E-state index >= 15 is 0 Å². The van der Waals surface area contributed by atoms with Gasteiger partial charge in [-0.05, 0) is 32.9 Å². The van der Waals surface area contributed by atoms with Crippen molar-refractivity contribution < 1.29 is 13.9 Å². The molecule has 2 nitrogen and oxygen atoms in total. The summed E-state index contributed by atoms with van der Waals surface area (Å²) < 4.78 is 18.6. The molecule has 3 heteroatoms. The summed E-state index contributed by atoms with van der Waals surface area (Å²) in [5, 5.41) is 0. The molecule has 0 aromatic heterocycles. The number of Topliss-reactive ketones (excluding diaryl/α,β-unsaturated/α-hetero) is 1. The van der Waals surface area contributed by atoms with Gasteiger partial charge in [0.25, 0.3) is 0 Å². The molecule has 0 radical (unpaired) electrons. The van der Waals surface area contributed by atoms with Crippen molar-refractivity contribution in [2.45, 2.75) is 27.2 Å². The number of hydrogen-bond donors (Lipinski definition) is 0. The molecule has 0 amide bonds. The summed E-state index contributed by atoms with van der Waals surface area (Å²) in [7, 11) is 1.41. The van der Waals surface area contributed by atoms with Gasteiger partial charge in [-0.3, -0.25) is 4.79 Å². The Labute approximate surface area is 107 Å². The summed E-state index contributed by atoms with van der Waals surface area (Å²) in [4.78, 5) is 11.9. The largest absolute Gasteiger partial charge is 0.496 e. The molecule has 0 unspecified atom stereocenters. The van der Waals surface area contributed by atoms with Crippen LogP contribution in [0.4, 0.5) is 4.39 Å². The van der Waals surface area contributed by atoms with Gasteiger partial charge in [-0.1, -0.05) is 17.9 Å². The molecule has 0 heterocycles. The second-order valence-electron chi connectivity index (χ2n) is 4.97. The second kappa shape index (κ2) is 5.68. The zero-order chi connectivity index (χ0) is 13.8. The molecular weight excluding hydrogens is 231 g/mol. The first-order chi connectivity index (χ1) is 8.35. The first kappa shape index (κ1) is 14.2. The molecule has 0 aliphatic heterocycles. The van der Waals surface area contributed by atoms with Crippen LogP contribution in [0.1, 0.15) is 37.6 Å². The number of ether oxygens (including phenoxy) is 1. The summed E-state index contributed by atoms with van der Waals surface area (Å²) in [6.45, 7) is 5.86. The maximum atomic E-state index is 13.6.